The van der Waals surface area contributed by atoms with E-state index in [2.05, 4.69) is 37.1 Å². The normalized spacial score (nSPS) is 15.3. The van der Waals surface area contributed by atoms with Crippen LogP contribution in [0.1, 0.15) is 24.0 Å². The van der Waals surface area contributed by atoms with Crippen LogP contribution in [-0.2, 0) is 19.1 Å². The van der Waals surface area contributed by atoms with Gasteiger partial charge >= 0.3 is 11.8 Å². The van der Waals surface area contributed by atoms with Crippen LogP contribution in [0.5, 0.6) is 5.75 Å². The zero-order chi connectivity index (χ0) is 23.6. The molecule has 1 aliphatic heterocycles. The molecule has 0 bridgehead atoms. The number of hydrazone groups is 1. The highest BCUT2D eigenvalue weighted by Crippen LogP contribution is 2.20. The molecule has 0 aliphatic carbocycles. The maximum atomic E-state index is 12.1. The third kappa shape index (κ3) is 7.99. The summed E-state index contributed by atoms with van der Waals surface area (Å²) in [6.45, 7) is 2.74. The van der Waals surface area contributed by atoms with Crippen molar-refractivity contribution in [2.75, 3.05) is 25.1 Å². The van der Waals surface area contributed by atoms with Crippen molar-refractivity contribution in [2.45, 2.75) is 25.9 Å². The largest absolute Gasteiger partial charge is 0.484 e. The van der Waals surface area contributed by atoms with Crippen molar-refractivity contribution in [1.29, 1.82) is 0 Å². The molecule has 0 saturated carbocycles. The molecule has 1 fully saturated rings. The van der Waals surface area contributed by atoms with E-state index < -0.39 is 11.8 Å². The van der Waals surface area contributed by atoms with Gasteiger partial charge in [0, 0.05) is 23.3 Å². The summed E-state index contributed by atoms with van der Waals surface area (Å²) < 4.78 is 11.9. The first-order valence-electron chi connectivity index (χ1n) is 10.4. The van der Waals surface area contributed by atoms with Crippen LogP contribution in [0.15, 0.2) is 52.0 Å². The standard InChI is InChI=1S/C23H25BrN4O5/c1-15-10-17(7-8-20(15)24)27-21(29)14-33-18-5-2-4-16(11-18)12-26-28-23(31)22(30)25-13-19-6-3-9-32-19/h2,4-5,7-8,10-12,19H,3,6,9,13-14H2,1H3,(H,25,30)(H,27,29)(H,28,31)/b26-12-/t19-/m0/s1. The molecule has 10 heteroatoms. The molecule has 33 heavy (non-hydrogen) atoms. The maximum absolute atomic E-state index is 12.1. The van der Waals surface area contributed by atoms with Crippen LogP contribution in [0.2, 0.25) is 0 Å². The zero-order valence-corrected chi connectivity index (χ0v) is 19.7. The summed E-state index contributed by atoms with van der Waals surface area (Å²) in [4.78, 5) is 35.8. The Morgan fingerprint density at radius 2 is 2.06 bits per heavy atom. The summed E-state index contributed by atoms with van der Waals surface area (Å²) >= 11 is 3.42. The van der Waals surface area contributed by atoms with Crippen molar-refractivity contribution in [3.63, 3.8) is 0 Å². The highest BCUT2D eigenvalue weighted by molar-refractivity contribution is 9.10. The number of amides is 3. The van der Waals surface area contributed by atoms with Crippen LogP contribution in [0, 0.1) is 6.92 Å². The van der Waals surface area contributed by atoms with Gasteiger partial charge in [0.05, 0.1) is 12.3 Å². The van der Waals surface area contributed by atoms with Gasteiger partial charge in [-0.05, 0) is 61.2 Å². The minimum absolute atomic E-state index is 0.0472. The average molecular weight is 517 g/mol. The Kier molecular flexibility index (Phi) is 8.96. The Bertz CT molecular complexity index is 1040. The van der Waals surface area contributed by atoms with E-state index in [1.165, 1.54) is 6.21 Å². The minimum Gasteiger partial charge on any atom is -0.484 e. The van der Waals surface area contributed by atoms with E-state index in [0.29, 0.717) is 30.2 Å². The van der Waals surface area contributed by atoms with E-state index in [-0.39, 0.29) is 18.6 Å². The summed E-state index contributed by atoms with van der Waals surface area (Å²) in [5.41, 5.74) is 4.49. The topological polar surface area (TPSA) is 118 Å². The lowest BCUT2D eigenvalue weighted by Gasteiger charge is -2.09. The van der Waals surface area contributed by atoms with E-state index in [9.17, 15) is 14.4 Å². The van der Waals surface area contributed by atoms with Crippen molar-refractivity contribution < 1.29 is 23.9 Å². The van der Waals surface area contributed by atoms with Crippen LogP contribution >= 0.6 is 15.9 Å². The number of anilines is 1. The fraction of sp³-hybridized carbons (Fsp3) is 0.304. The molecule has 2 aromatic rings. The molecule has 0 radical (unpaired) electrons. The predicted molar refractivity (Wildman–Crippen MR) is 127 cm³/mol. The van der Waals surface area contributed by atoms with E-state index in [1.54, 1.807) is 30.3 Å². The SMILES string of the molecule is Cc1cc(NC(=O)COc2cccc(/C=N\NC(=O)C(=O)NC[C@@H]3CCCO3)c2)ccc1Br. The Labute approximate surface area is 200 Å². The number of rotatable bonds is 8. The van der Waals surface area contributed by atoms with Crippen LogP contribution in [0.25, 0.3) is 0 Å². The second kappa shape index (κ2) is 12.1. The molecule has 9 nitrogen and oxygen atoms in total. The number of carbonyl (C=O) groups is 3. The number of carbonyl (C=O) groups excluding carboxylic acids is 3. The molecule has 1 atom stereocenters. The monoisotopic (exact) mass is 516 g/mol. The summed E-state index contributed by atoms with van der Waals surface area (Å²) in [5, 5.41) is 9.09. The number of nitrogens with zero attached hydrogens (tertiary/aromatic N) is 1. The molecule has 1 heterocycles. The summed E-state index contributed by atoms with van der Waals surface area (Å²) in [7, 11) is 0. The highest BCUT2D eigenvalue weighted by atomic mass is 79.9. The lowest BCUT2D eigenvalue weighted by Crippen LogP contribution is -2.41. The number of nitrogens with one attached hydrogen (secondary N) is 3. The van der Waals surface area contributed by atoms with Crippen molar-refractivity contribution in [2.24, 2.45) is 5.10 Å². The number of ether oxygens (including phenoxy) is 2. The minimum atomic E-state index is -0.864. The first kappa shape index (κ1) is 24.4. The molecular weight excluding hydrogens is 492 g/mol. The van der Waals surface area contributed by atoms with Crippen LogP contribution in [0.4, 0.5) is 5.69 Å². The van der Waals surface area contributed by atoms with Crippen LogP contribution in [0.3, 0.4) is 0 Å². The van der Waals surface area contributed by atoms with Gasteiger partial charge in [-0.3, -0.25) is 14.4 Å². The lowest BCUT2D eigenvalue weighted by molar-refractivity contribution is -0.139. The molecule has 174 valence electrons. The molecule has 1 saturated heterocycles. The smallest absolute Gasteiger partial charge is 0.329 e. The molecule has 3 N–H and O–H groups in total. The quantitative estimate of drug-likeness (QED) is 0.283. The van der Waals surface area contributed by atoms with Crippen molar-refractivity contribution in [3.8, 4) is 5.75 Å². The molecule has 0 aromatic heterocycles. The van der Waals surface area contributed by atoms with Gasteiger partial charge in [-0.25, -0.2) is 5.43 Å². The van der Waals surface area contributed by atoms with E-state index in [4.69, 9.17) is 9.47 Å². The zero-order valence-electron chi connectivity index (χ0n) is 18.1. The summed E-state index contributed by atoms with van der Waals surface area (Å²) in [6, 6.07) is 12.3. The molecule has 1 aliphatic rings. The number of hydrogen-bond donors (Lipinski definition) is 3. The molecule has 0 unspecified atom stereocenters. The predicted octanol–water partition coefficient (Wildman–Crippen LogP) is 2.52. The third-order valence-electron chi connectivity index (χ3n) is 4.77. The van der Waals surface area contributed by atoms with Crippen molar-refractivity contribution in [3.05, 3.63) is 58.1 Å². The Balaban J connectivity index is 1.43. The molecular formula is C23H25BrN4O5. The fourth-order valence-corrected chi connectivity index (χ4v) is 3.31. The maximum Gasteiger partial charge on any atom is 0.329 e. The number of hydrogen-bond acceptors (Lipinski definition) is 6. The van der Waals surface area contributed by atoms with Crippen molar-refractivity contribution in [1.82, 2.24) is 10.7 Å². The number of halogens is 1. The number of aryl methyl sites for hydroxylation is 1. The van der Waals surface area contributed by atoms with Gasteiger partial charge in [-0.2, -0.15) is 5.10 Å². The van der Waals surface area contributed by atoms with Gasteiger partial charge in [-0.1, -0.05) is 28.1 Å². The Hall–Kier alpha value is -3.24. The summed E-state index contributed by atoms with van der Waals surface area (Å²) in [5.74, 6) is -1.47. The van der Waals surface area contributed by atoms with E-state index >= 15 is 0 Å². The van der Waals surface area contributed by atoms with E-state index in [1.807, 2.05) is 19.1 Å². The first-order valence-corrected chi connectivity index (χ1v) is 11.2. The average Bonchev–Trinajstić information content (AvgIpc) is 3.32. The van der Waals surface area contributed by atoms with Crippen LogP contribution < -0.4 is 20.8 Å². The summed E-state index contributed by atoms with van der Waals surface area (Å²) in [6.07, 6.45) is 3.15. The third-order valence-corrected chi connectivity index (χ3v) is 5.66. The van der Waals surface area contributed by atoms with Crippen LogP contribution in [-0.4, -0.2) is 49.8 Å². The molecule has 2 aromatic carbocycles. The Morgan fingerprint density at radius 1 is 1.21 bits per heavy atom. The molecule has 0 spiro atoms. The highest BCUT2D eigenvalue weighted by Gasteiger charge is 2.18. The van der Waals surface area contributed by atoms with E-state index in [0.717, 1.165) is 22.9 Å². The van der Waals surface area contributed by atoms with Gasteiger partial charge in [0.15, 0.2) is 6.61 Å². The van der Waals surface area contributed by atoms with Gasteiger partial charge in [0.25, 0.3) is 5.91 Å². The van der Waals surface area contributed by atoms with Gasteiger partial charge in [0.2, 0.25) is 0 Å². The Morgan fingerprint density at radius 3 is 2.82 bits per heavy atom. The first-order chi connectivity index (χ1) is 15.9. The fourth-order valence-electron chi connectivity index (χ4n) is 3.06. The molecule has 3 rings (SSSR count). The lowest BCUT2D eigenvalue weighted by atomic mass is 10.2. The number of benzene rings is 2. The van der Waals surface area contributed by atoms with Gasteiger partial charge in [-0.15, -0.1) is 0 Å². The second-order valence-corrected chi connectivity index (χ2v) is 8.27. The second-order valence-electron chi connectivity index (χ2n) is 7.42. The van der Waals surface area contributed by atoms with Crippen molar-refractivity contribution >= 4 is 45.6 Å². The van der Waals surface area contributed by atoms with Gasteiger partial charge < -0.3 is 20.1 Å². The van der Waals surface area contributed by atoms with Gasteiger partial charge in [0.1, 0.15) is 5.75 Å². The molecule has 3 amide bonds.